The third-order valence-electron chi connectivity index (χ3n) is 4.71. The van der Waals surface area contributed by atoms with Crippen molar-refractivity contribution in [3.05, 3.63) is 75.8 Å². The molecule has 136 valence electrons. The normalized spacial score (nSPS) is 21.8. The summed E-state index contributed by atoms with van der Waals surface area (Å²) in [5.74, 6) is -0.978. The van der Waals surface area contributed by atoms with Crippen LogP contribution in [-0.4, -0.2) is 28.9 Å². The third kappa shape index (κ3) is 3.52. The number of nitrogens with zero attached hydrogens (tertiary/aromatic N) is 2. The molecule has 7 nitrogen and oxygen atoms in total. The van der Waals surface area contributed by atoms with Crippen molar-refractivity contribution in [1.29, 1.82) is 0 Å². The lowest BCUT2D eigenvalue weighted by Crippen LogP contribution is -2.50. The molecule has 3 atom stereocenters. The molecule has 2 aromatic rings. The number of rotatable bonds is 4. The fourth-order valence-corrected chi connectivity index (χ4v) is 3.31. The lowest BCUT2D eigenvalue weighted by Gasteiger charge is -2.40. The van der Waals surface area contributed by atoms with Crippen molar-refractivity contribution in [3.63, 3.8) is 0 Å². The Balaban J connectivity index is 1.86. The standard InChI is InChI=1S/C19H20N2O5/c1-13-16(11-20(24)25)15-9-5-6-10-17(15)21(18(13)22)19(23)26-12-14-7-3-2-4-8-14/h2-10,13,16,18,22H,11-12H2,1H3/t13-,16+,18+/m1/s1. The van der Waals surface area contributed by atoms with E-state index in [1.807, 2.05) is 30.3 Å². The molecular formula is C19H20N2O5. The fraction of sp³-hybridized carbons (Fsp3) is 0.316. The number of benzene rings is 2. The van der Waals surface area contributed by atoms with E-state index in [1.165, 1.54) is 4.90 Å². The second-order valence-electron chi connectivity index (χ2n) is 6.36. The maximum atomic E-state index is 12.6. The van der Waals surface area contributed by atoms with Gasteiger partial charge in [0.1, 0.15) is 12.8 Å². The Kier molecular flexibility index (Phi) is 5.18. The Morgan fingerprint density at radius 1 is 1.19 bits per heavy atom. The SMILES string of the molecule is C[C@@H]1[C@H](C[N+](=O)[O-])c2ccccc2N(C(=O)OCc2ccccc2)[C@H]1O. The maximum absolute atomic E-state index is 12.6. The van der Waals surface area contributed by atoms with Gasteiger partial charge in [0.25, 0.3) is 0 Å². The zero-order chi connectivity index (χ0) is 18.7. The minimum absolute atomic E-state index is 0.0811. The summed E-state index contributed by atoms with van der Waals surface area (Å²) >= 11 is 0. The molecule has 1 heterocycles. The molecule has 1 amide bonds. The van der Waals surface area contributed by atoms with E-state index in [1.54, 1.807) is 31.2 Å². The van der Waals surface area contributed by atoms with Crippen molar-refractivity contribution < 1.29 is 19.6 Å². The molecule has 0 unspecified atom stereocenters. The first-order valence-corrected chi connectivity index (χ1v) is 8.37. The number of hydrogen-bond donors (Lipinski definition) is 1. The molecule has 2 aromatic carbocycles. The average molecular weight is 356 g/mol. The first-order chi connectivity index (χ1) is 12.5. The number of fused-ring (bicyclic) bond motifs is 1. The number of amides is 1. The second-order valence-corrected chi connectivity index (χ2v) is 6.36. The number of carbonyl (C=O) groups excluding carboxylic acids is 1. The zero-order valence-corrected chi connectivity index (χ0v) is 14.3. The number of aliphatic hydroxyl groups is 1. The highest BCUT2D eigenvalue weighted by atomic mass is 16.6. The van der Waals surface area contributed by atoms with Crippen LogP contribution in [-0.2, 0) is 11.3 Å². The number of ether oxygens (including phenoxy) is 1. The number of carbonyl (C=O) groups is 1. The molecule has 0 radical (unpaired) electrons. The van der Waals surface area contributed by atoms with Gasteiger partial charge >= 0.3 is 6.09 Å². The van der Waals surface area contributed by atoms with Crippen LogP contribution in [0.2, 0.25) is 0 Å². The van der Waals surface area contributed by atoms with E-state index in [0.717, 1.165) is 5.56 Å². The van der Waals surface area contributed by atoms with E-state index in [9.17, 15) is 20.0 Å². The molecule has 0 bridgehead atoms. The van der Waals surface area contributed by atoms with Gasteiger partial charge in [-0.05, 0) is 17.2 Å². The monoisotopic (exact) mass is 356 g/mol. The van der Waals surface area contributed by atoms with E-state index < -0.39 is 29.1 Å². The van der Waals surface area contributed by atoms with Gasteiger partial charge in [-0.1, -0.05) is 55.5 Å². The van der Waals surface area contributed by atoms with Gasteiger partial charge in [-0.25, -0.2) is 4.79 Å². The molecule has 0 spiro atoms. The lowest BCUT2D eigenvalue weighted by molar-refractivity contribution is -0.485. The van der Waals surface area contributed by atoms with Crippen LogP contribution < -0.4 is 4.90 Å². The highest BCUT2D eigenvalue weighted by molar-refractivity contribution is 5.90. The molecule has 0 aromatic heterocycles. The van der Waals surface area contributed by atoms with Gasteiger partial charge in [-0.15, -0.1) is 0 Å². The molecule has 7 heteroatoms. The highest BCUT2D eigenvalue weighted by Gasteiger charge is 2.43. The molecule has 0 aliphatic carbocycles. The molecule has 1 aliphatic heterocycles. The van der Waals surface area contributed by atoms with E-state index in [4.69, 9.17) is 4.74 Å². The van der Waals surface area contributed by atoms with Crippen molar-refractivity contribution in [2.24, 2.45) is 5.92 Å². The molecule has 1 N–H and O–H groups in total. The van der Waals surface area contributed by atoms with Crippen molar-refractivity contribution in [2.75, 3.05) is 11.4 Å². The quantitative estimate of drug-likeness (QED) is 0.671. The fourth-order valence-electron chi connectivity index (χ4n) is 3.31. The Morgan fingerprint density at radius 3 is 2.54 bits per heavy atom. The van der Waals surface area contributed by atoms with Crippen molar-refractivity contribution >= 4 is 11.8 Å². The molecule has 3 rings (SSSR count). The molecule has 26 heavy (non-hydrogen) atoms. The number of anilines is 1. The summed E-state index contributed by atoms with van der Waals surface area (Å²) in [6, 6.07) is 16.1. The van der Waals surface area contributed by atoms with Crippen LogP contribution in [0.5, 0.6) is 0 Å². The molecule has 0 saturated carbocycles. The average Bonchev–Trinajstić information content (AvgIpc) is 2.64. The molecule has 0 saturated heterocycles. The van der Waals surface area contributed by atoms with Crippen LogP contribution in [0.1, 0.15) is 24.0 Å². The van der Waals surface area contributed by atoms with Crippen LogP contribution >= 0.6 is 0 Å². The summed E-state index contributed by atoms with van der Waals surface area (Å²) in [6.45, 7) is 1.48. The second kappa shape index (κ2) is 7.53. The number of para-hydroxylation sites is 1. The highest BCUT2D eigenvalue weighted by Crippen LogP contribution is 2.41. The minimum atomic E-state index is -1.20. The number of hydrogen-bond acceptors (Lipinski definition) is 5. The lowest BCUT2D eigenvalue weighted by atomic mass is 9.81. The van der Waals surface area contributed by atoms with E-state index in [0.29, 0.717) is 11.3 Å². The summed E-state index contributed by atoms with van der Waals surface area (Å²) in [6.07, 6.45) is -1.88. The third-order valence-corrected chi connectivity index (χ3v) is 4.71. The zero-order valence-electron chi connectivity index (χ0n) is 14.3. The number of aliphatic hydroxyl groups excluding tert-OH is 1. The van der Waals surface area contributed by atoms with Crippen LogP contribution in [0.15, 0.2) is 54.6 Å². The molecule has 1 aliphatic rings. The van der Waals surface area contributed by atoms with Gasteiger partial charge in [0.15, 0.2) is 0 Å². The smallest absolute Gasteiger partial charge is 0.416 e. The summed E-state index contributed by atoms with van der Waals surface area (Å²) in [5.41, 5.74) is 1.95. The van der Waals surface area contributed by atoms with Crippen LogP contribution in [0.4, 0.5) is 10.5 Å². The Morgan fingerprint density at radius 2 is 1.85 bits per heavy atom. The van der Waals surface area contributed by atoms with Gasteiger partial charge in [-0.3, -0.25) is 15.0 Å². The minimum Gasteiger partial charge on any atom is -0.444 e. The van der Waals surface area contributed by atoms with Crippen molar-refractivity contribution in [3.8, 4) is 0 Å². The summed E-state index contributed by atoms with van der Waals surface area (Å²) < 4.78 is 5.35. The largest absolute Gasteiger partial charge is 0.444 e. The van der Waals surface area contributed by atoms with Gasteiger partial charge in [-0.2, -0.15) is 0 Å². The first-order valence-electron chi connectivity index (χ1n) is 8.37. The van der Waals surface area contributed by atoms with Gasteiger partial charge in [0, 0.05) is 10.8 Å². The predicted octanol–water partition coefficient (Wildman–Crippen LogP) is 3.16. The van der Waals surface area contributed by atoms with Crippen LogP contribution in [0.25, 0.3) is 0 Å². The Hall–Kier alpha value is -2.93. The van der Waals surface area contributed by atoms with Gasteiger partial charge in [0.2, 0.25) is 6.54 Å². The molecular weight excluding hydrogens is 336 g/mol. The molecule has 0 fully saturated rings. The van der Waals surface area contributed by atoms with Crippen LogP contribution in [0, 0.1) is 16.0 Å². The van der Waals surface area contributed by atoms with E-state index in [2.05, 4.69) is 0 Å². The van der Waals surface area contributed by atoms with Gasteiger partial charge < -0.3 is 9.84 Å². The van der Waals surface area contributed by atoms with Crippen molar-refractivity contribution in [2.45, 2.75) is 25.7 Å². The number of nitro groups is 1. The first kappa shape index (κ1) is 17.9. The van der Waals surface area contributed by atoms with E-state index in [-0.39, 0.29) is 13.2 Å². The Bertz CT molecular complexity index is 796. The van der Waals surface area contributed by atoms with Crippen LogP contribution in [0.3, 0.4) is 0 Å². The Labute approximate surface area is 151 Å². The van der Waals surface area contributed by atoms with Crippen molar-refractivity contribution in [1.82, 2.24) is 0 Å². The predicted molar refractivity (Wildman–Crippen MR) is 95.3 cm³/mol. The maximum Gasteiger partial charge on any atom is 0.416 e. The van der Waals surface area contributed by atoms with Gasteiger partial charge in [0.05, 0.1) is 11.6 Å². The summed E-state index contributed by atoms with van der Waals surface area (Å²) in [4.78, 5) is 24.4. The topological polar surface area (TPSA) is 92.9 Å². The van der Waals surface area contributed by atoms with E-state index >= 15 is 0 Å². The summed E-state index contributed by atoms with van der Waals surface area (Å²) in [7, 11) is 0. The summed E-state index contributed by atoms with van der Waals surface area (Å²) in [5, 5.41) is 21.7.